The summed E-state index contributed by atoms with van der Waals surface area (Å²) in [6, 6.07) is 0. The molecule has 0 heterocycles. The van der Waals surface area contributed by atoms with Gasteiger partial charge in [0.2, 0.25) is 0 Å². The molecule has 0 amide bonds. The van der Waals surface area contributed by atoms with Crippen LogP contribution in [0.25, 0.3) is 0 Å². The molecule has 0 aromatic heterocycles. The first-order chi connectivity index (χ1) is 7.12. The maximum absolute atomic E-state index is 11.4. The predicted molar refractivity (Wildman–Crippen MR) is 60.4 cm³/mol. The van der Waals surface area contributed by atoms with E-state index >= 15 is 0 Å². The number of carbonyl (C=O) groups excluding carboxylic acids is 1. The number of hydrogen-bond donors (Lipinski definition) is 0. The Kier molecular flexibility index (Phi) is 1.76. The van der Waals surface area contributed by atoms with E-state index in [0.717, 1.165) is 5.92 Å². The minimum atomic E-state index is 0.179. The van der Waals surface area contributed by atoms with Gasteiger partial charge < -0.3 is 4.79 Å². The normalized spacial score (nSPS) is 56.8. The van der Waals surface area contributed by atoms with Crippen LogP contribution in [0.15, 0.2) is 12.2 Å². The second-order valence-electron chi connectivity index (χ2n) is 6.20. The molecule has 0 N–H and O–H groups in total. The summed E-state index contributed by atoms with van der Waals surface area (Å²) in [6.07, 6.45) is 11.2. The van der Waals surface area contributed by atoms with E-state index in [1.54, 1.807) is 0 Å². The van der Waals surface area contributed by atoms with Crippen LogP contribution in [0.3, 0.4) is 0 Å². The molecule has 2 bridgehead atoms. The summed E-state index contributed by atoms with van der Waals surface area (Å²) in [7, 11) is 0. The Morgan fingerprint density at radius 3 is 2.67 bits per heavy atom. The zero-order valence-corrected chi connectivity index (χ0v) is 9.70. The summed E-state index contributed by atoms with van der Waals surface area (Å²) >= 11 is 0. The smallest absolute Gasteiger partial charge is 0.124 e. The zero-order valence-electron chi connectivity index (χ0n) is 9.70. The molecule has 0 saturated heterocycles. The lowest BCUT2D eigenvalue weighted by atomic mass is 9.48. The standard InChI is InChI=1S/C14H20O/c1-10-3-4-11-12(9-15)13(2)5-7-14(10,11)8-6-13/h5,7,9-12H,3-4,6,8H2,1-2H3/t10-,11+,12-,13+,14-/m1/s1. The van der Waals surface area contributed by atoms with Crippen molar-refractivity contribution in [1.29, 1.82) is 0 Å². The van der Waals surface area contributed by atoms with Gasteiger partial charge in [0.25, 0.3) is 0 Å². The van der Waals surface area contributed by atoms with Crippen LogP contribution < -0.4 is 0 Å². The monoisotopic (exact) mass is 204 g/mol. The lowest BCUT2D eigenvalue weighted by molar-refractivity contribution is -0.122. The largest absolute Gasteiger partial charge is 0.303 e. The SMILES string of the molecule is C[C@@H]1CC[C@H]2[C@@H](C=O)[C@@]3(C)C=C[C@@]12CC3. The van der Waals surface area contributed by atoms with Crippen LogP contribution in [0, 0.1) is 28.6 Å². The van der Waals surface area contributed by atoms with Crippen molar-refractivity contribution in [2.24, 2.45) is 28.6 Å². The Bertz CT molecular complexity index is 332. The van der Waals surface area contributed by atoms with Crippen LogP contribution in [-0.2, 0) is 4.79 Å². The van der Waals surface area contributed by atoms with Crippen LogP contribution in [0.1, 0.15) is 39.5 Å². The molecule has 0 radical (unpaired) electrons. The van der Waals surface area contributed by atoms with Crippen molar-refractivity contribution in [3.8, 4) is 0 Å². The molecule has 4 rings (SSSR count). The van der Waals surface area contributed by atoms with E-state index in [1.165, 1.54) is 32.0 Å². The summed E-state index contributed by atoms with van der Waals surface area (Å²) in [4.78, 5) is 11.4. The van der Waals surface area contributed by atoms with Crippen molar-refractivity contribution in [2.45, 2.75) is 39.5 Å². The molecule has 0 aliphatic heterocycles. The molecule has 4 aliphatic carbocycles. The number of allylic oxidation sites excluding steroid dienone is 2. The van der Waals surface area contributed by atoms with Gasteiger partial charge in [-0.15, -0.1) is 0 Å². The molecule has 1 nitrogen and oxygen atoms in total. The van der Waals surface area contributed by atoms with Crippen molar-refractivity contribution in [3.05, 3.63) is 12.2 Å². The van der Waals surface area contributed by atoms with Gasteiger partial charge in [0, 0.05) is 5.92 Å². The molecule has 2 fully saturated rings. The van der Waals surface area contributed by atoms with Gasteiger partial charge in [-0.2, -0.15) is 0 Å². The highest BCUT2D eigenvalue weighted by molar-refractivity contribution is 5.59. The van der Waals surface area contributed by atoms with Crippen LogP contribution in [-0.4, -0.2) is 6.29 Å². The van der Waals surface area contributed by atoms with Crippen LogP contribution in [0.2, 0.25) is 0 Å². The van der Waals surface area contributed by atoms with E-state index < -0.39 is 0 Å². The highest BCUT2D eigenvalue weighted by atomic mass is 16.1. The summed E-state index contributed by atoms with van der Waals surface area (Å²) < 4.78 is 0. The summed E-state index contributed by atoms with van der Waals surface area (Å²) in [5, 5.41) is 0. The van der Waals surface area contributed by atoms with Gasteiger partial charge in [-0.3, -0.25) is 0 Å². The lowest BCUT2D eigenvalue weighted by Gasteiger charge is -2.55. The van der Waals surface area contributed by atoms with E-state index in [4.69, 9.17) is 0 Å². The van der Waals surface area contributed by atoms with Crippen molar-refractivity contribution in [1.82, 2.24) is 0 Å². The number of fused-ring (bicyclic) bond motifs is 1. The third-order valence-electron chi connectivity index (χ3n) is 5.73. The first kappa shape index (κ1) is 9.62. The summed E-state index contributed by atoms with van der Waals surface area (Å²) in [5.74, 6) is 1.72. The fourth-order valence-electron chi connectivity index (χ4n) is 4.55. The van der Waals surface area contributed by atoms with Gasteiger partial charge in [-0.25, -0.2) is 0 Å². The quantitative estimate of drug-likeness (QED) is 0.473. The maximum atomic E-state index is 11.4. The zero-order chi connectivity index (χ0) is 10.7. The third-order valence-corrected chi connectivity index (χ3v) is 5.73. The number of hydrogen-bond acceptors (Lipinski definition) is 1. The average Bonchev–Trinajstić information content (AvgIpc) is 2.56. The van der Waals surface area contributed by atoms with Gasteiger partial charge in [0.05, 0.1) is 0 Å². The Morgan fingerprint density at radius 1 is 1.27 bits per heavy atom. The molecule has 0 unspecified atom stereocenters. The molecule has 1 spiro atoms. The average molecular weight is 204 g/mol. The minimum absolute atomic E-state index is 0.179. The van der Waals surface area contributed by atoms with Crippen LogP contribution in [0.5, 0.6) is 0 Å². The Hall–Kier alpha value is -0.590. The minimum Gasteiger partial charge on any atom is -0.303 e. The van der Waals surface area contributed by atoms with Crippen LogP contribution >= 0.6 is 0 Å². The first-order valence-corrected chi connectivity index (χ1v) is 6.28. The fraction of sp³-hybridized carbons (Fsp3) is 0.786. The second kappa shape index (κ2) is 2.75. The molecule has 0 aromatic carbocycles. The summed E-state index contributed by atoms with van der Waals surface area (Å²) in [6.45, 7) is 4.65. The third kappa shape index (κ3) is 0.971. The molecular formula is C14H20O. The maximum Gasteiger partial charge on any atom is 0.124 e. The molecular weight excluding hydrogens is 184 g/mol. The molecule has 4 aliphatic rings. The van der Waals surface area contributed by atoms with E-state index in [9.17, 15) is 4.79 Å². The van der Waals surface area contributed by atoms with E-state index in [-0.39, 0.29) is 5.41 Å². The Balaban J connectivity index is 2.11. The predicted octanol–water partition coefficient (Wildman–Crippen LogP) is 3.20. The molecule has 1 heteroatoms. The van der Waals surface area contributed by atoms with Gasteiger partial charge in [-0.1, -0.05) is 26.0 Å². The van der Waals surface area contributed by atoms with Crippen molar-refractivity contribution in [2.75, 3.05) is 0 Å². The van der Waals surface area contributed by atoms with Crippen molar-refractivity contribution >= 4 is 6.29 Å². The summed E-state index contributed by atoms with van der Waals surface area (Å²) in [5.41, 5.74) is 0.571. The Morgan fingerprint density at radius 2 is 2.07 bits per heavy atom. The highest BCUT2D eigenvalue weighted by Gasteiger charge is 2.59. The second-order valence-corrected chi connectivity index (χ2v) is 6.20. The molecule has 82 valence electrons. The van der Waals surface area contributed by atoms with Gasteiger partial charge >= 0.3 is 0 Å². The van der Waals surface area contributed by atoms with E-state index in [2.05, 4.69) is 26.0 Å². The number of carbonyl (C=O) groups is 1. The van der Waals surface area contributed by atoms with E-state index in [0.29, 0.717) is 17.3 Å². The lowest BCUT2D eigenvalue weighted by Crippen LogP contribution is -2.50. The molecule has 0 aromatic rings. The molecule has 2 saturated carbocycles. The molecule has 15 heavy (non-hydrogen) atoms. The first-order valence-electron chi connectivity index (χ1n) is 6.28. The van der Waals surface area contributed by atoms with E-state index in [1.807, 2.05) is 0 Å². The van der Waals surface area contributed by atoms with Gasteiger partial charge in [0.15, 0.2) is 0 Å². The van der Waals surface area contributed by atoms with Gasteiger partial charge in [-0.05, 0) is 48.3 Å². The Labute approximate surface area is 91.9 Å². The van der Waals surface area contributed by atoms with Gasteiger partial charge in [0.1, 0.15) is 6.29 Å². The van der Waals surface area contributed by atoms with Crippen molar-refractivity contribution in [3.63, 3.8) is 0 Å². The molecule has 5 atom stereocenters. The van der Waals surface area contributed by atoms with Crippen molar-refractivity contribution < 1.29 is 4.79 Å². The number of rotatable bonds is 1. The highest BCUT2D eigenvalue weighted by Crippen LogP contribution is 2.66. The fourth-order valence-corrected chi connectivity index (χ4v) is 4.55. The number of aldehydes is 1. The van der Waals surface area contributed by atoms with Crippen LogP contribution in [0.4, 0.5) is 0 Å². The topological polar surface area (TPSA) is 17.1 Å².